The molecule has 166 valence electrons. The summed E-state index contributed by atoms with van der Waals surface area (Å²) in [6.45, 7) is 2.14. The van der Waals surface area contributed by atoms with Crippen molar-refractivity contribution in [3.8, 4) is 23.0 Å². The average molecular weight is 463 g/mol. The fourth-order valence-electron chi connectivity index (χ4n) is 3.84. The molecule has 0 saturated carbocycles. The third kappa shape index (κ3) is 4.66. The van der Waals surface area contributed by atoms with Crippen molar-refractivity contribution in [2.24, 2.45) is 7.05 Å². The summed E-state index contributed by atoms with van der Waals surface area (Å²) in [4.78, 5) is 9.30. The monoisotopic (exact) mass is 462 g/mol. The third-order valence-electron chi connectivity index (χ3n) is 5.80. The second-order valence-corrected chi connectivity index (χ2v) is 8.60. The molecule has 0 bridgehead atoms. The second kappa shape index (κ2) is 9.43. The van der Waals surface area contributed by atoms with Crippen LogP contribution >= 0.6 is 11.6 Å². The van der Waals surface area contributed by atoms with E-state index in [0.29, 0.717) is 0 Å². The first-order valence-corrected chi connectivity index (χ1v) is 11.5. The molecule has 0 unspecified atom stereocenters. The van der Waals surface area contributed by atoms with Gasteiger partial charge >= 0.3 is 0 Å². The van der Waals surface area contributed by atoms with Crippen LogP contribution < -0.4 is 5.32 Å². The van der Waals surface area contributed by atoms with E-state index in [2.05, 4.69) is 51.8 Å². The van der Waals surface area contributed by atoms with Gasteiger partial charge in [-0.1, -0.05) is 66.1 Å². The Kier molecular flexibility index (Phi) is 6.03. The topological polar surface area (TPSA) is 42.7 Å². The van der Waals surface area contributed by atoms with Crippen LogP contribution in [0.25, 0.3) is 22.2 Å². The Morgan fingerprint density at radius 3 is 2.38 bits per heavy atom. The molecule has 0 fully saturated rings. The molecular weight excluding hydrogens is 440 g/mol. The minimum Gasteiger partial charge on any atom is -0.349 e. The second-order valence-electron chi connectivity index (χ2n) is 8.16. The number of aryl methyl sites for hydroxylation is 1. The van der Waals surface area contributed by atoms with Gasteiger partial charge in [-0.05, 0) is 60.4 Å². The number of nitrogens with one attached hydrogen (secondary N) is 1. The van der Waals surface area contributed by atoms with Gasteiger partial charge in [-0.2, -0.15) is 0 Å². The quantitative estimate of drug-likeness (QED) is 0.296. The Balaban J connectivity index is 1.35. The predicted octanol–water partition coefficient (Wildman–Crippen LogP) is 6.86. The van der Waals surface area contributed by atoms with E-state index in [1.165, 1.54) is 5.56 Å². The summed E-state index contributed by atoms with van der Waals surface area (Å²) in [6, 6.07) is 28.3. The third-order valence-corrected chi connectivity index (χ3v) is 6.05. The highest BCUT2D eigenvalue weighted by molar-refractivity contribution is 6.30. The van der Waals surface area contributed by atoms with E-state index >= 15 is 0 Å². The van der Waals surface area contributed by atoms with Crippen LogP contribution in [0.15, 0.2) is 91.1 Å². The van der Waals surface area contributed by atoms with Crippen molar-refractivity contribution in [1.29, 1.82) is 0 Å². The van der Waals surface area contributed by atoms with E-state index in [4.69, 9.17) is 16.6 Å². The van der Waals surface area contributed by atoms with Crippen LogP contribution in [0.2, 0.25) is 5.02 Å². The molecule has 5 heteroatoms. The molecular formula is C29H23ClN4. The summed E-state index contributed by atoms with van der Waals surface area (Å²) in [5.41, 5.74) is 6.90. The molecule has 3 aromatic carbocycles. The number of hydrogen-bond donors (Lipinski definition) is 1. The smallest absolute Gasteiger partial charge is 0.204 e. The van der Waals surface area contributed by atoms with Crippen LogP contribution in [-0.2, 0) is 7.05 Å². The zero-order chi connectivity index (χ0) is 23.5. The molecule has 0 aliphatic rings. The van der Waals surface area contributed by atoms with Gasteiger partial charge in [0.2, 0.25) is 5.95 Å². The van der Waals surface area contributed by atoms with E-state index in [0.717, 1.165) is 44.4 Å². The summed E-state index contributed by atoms with van der Waals surface area (Å²) in [7, 11) is 2.02. The molecule has 0 saturated heterocycles. The summed E-state index contributed by atoms with van der Waals surface area (Å²) in [6.07, 6.45) is 1.83. The lowest BCUT2D eigenvalue weighted by molar-refractivity contribution is 0.832. The van der Waals surface area contributed by atoms with E-state index in [1.807, 2.05) is 80.0 Å². The summed E-state index contributed by atoms with van der Waals surface area (Å²) < 4.78 is 2.07. The number of halogens is 1. The number of anilines is 1. The predicted molar refractivity (Wildman–Crippen MR) is 140 cm³/mol. The van der Waals surface area contributed by atoms with Crippen molar-refractivity contribution in [3.63, 3.8) is 0 Å². The molecule has 0 aliphatic carbocycles. The Hall–Kier alpha value is -4.07. The van der Waals surface area contributed by atoms with Crippen LogP contribution in [0.3, 0.4) is 0 Å². The fraction of sp³-hybridized carbons (Fsp3) is 0.103. The van der Waals surface area contributed by atoms with E-state index in [9.17, 15) is 0 Å². The molecule has 0 amide bonds. The highest BCUT2D eigenvalue weighted by Crippen LogP contribution is 2.24. The molecule has 1 N–H and O–H groups in total. The minimum absolute atomic E-state index is 0.151. The van der Waals surface area contributed by atoms with Gasteiger partial charge in [-0.3, -0.25) is 0 Å². The summed E-state index contributed by atoms with van der Waals surface area (Å²) in [5, 5.41) is 4.23. The van der Waals surface area contributed by atoms with Gasteiger partial charge in [0.25, 0.3) is 0 Å². The number of rotatable bonds is 4. The van der Waals surface area contributed by atoms with Gasteiger partial charge in [0.15, 0.2) is 0 Å². The molecule has 0 spiro atoms. The Labute approximate surface area is 204 Å². The van der Waals surface area contributed by atoms with E-state index < -0.39 is 0 Å². The molecule has 0 aliphatic heterocycles. The van der Waals surface area contributed by atoms with Crippen LogP contribution in [0.5, 0.6) is 0 Å². The maximum atomic E-state index is 5.97. The van der Waals surface area contributed by atoms with Crippen LogP contribution in [-0.4, -0.2) is 14.5 Å². The van der Waals surface area contributed by atoms with Crippen LogP contribution in [0, 0.1) is 11.8 Å². The zero-order valence-corrected chi connectivity index (χ0v) is 19.7. The van der Waals surface area contributed by atoms with Gasteiger partial charge in [-0.15, -0.1) is 0 Å². The van der Waals surface area contributed by atoms with Gasteiger partial charge in [0, 0.05) is 29.4 Å². The Bertz CT molecular complexity index is 1490. The molecule has 5 rings (SSSR count). The SMILES string of the molecule is C[C@@H](Nc1nc2cc(C#Cc3ccc(-c4ccc(Cl)cc4)cn3)ccc2n1C)c1ccccc1. The van der Waals surface area contributed by atoms with Crippen molar-refractivity contribution in [3.05, 3.63) is 113 Å². The van der Waals surface area contributed by atoms with Crippen molar-refractivity contribution in [2.45, 2.75) is 13.0 Å². The highest BCUT2D eigenvalue weighted by atomic mass is 35.5. The normalized spacial score (nSPS) is 11.6. The van der Waals surface area contributed by atoms with Crippen LogP contribution in [0.4, 0.5) is 5.95 Å². The first kappa shape index (κ1) is 21.8. The Morgan fingerprint density at radius 2 is 1.65 bits per heavy atom. The molecule has 5 aromatic rings. The molecule has 2 heterocycles. The van der Waals surface area contributed by atoms with Crippen molar-refractivity contribution in [1.82, 2.24) is 14.5 Å². The molecule has 34 heavy (non-hydrogen) atoms. The fourth-order valence-corrected chi connectivity index (χ4v) is 3.97. The van der Waals surface area contributed by atoms with Gasteiger partial charge in [0.1, 0.15) is 5.69 Å². The molecule has 2 aromatic heterocycles. The number of aromatic nitrogens is 3. The lowest BCUT2D eigenvalue weighted by atomic mass is 10.1. The number of imidazole rings is 1. The minimum atomic E-state index is 0.151. The van der Waals surface area contributed by atoms with Crippen molar-refractivity contribution >= 4 is 28.6 Å². The van der Waals surface area contributed by atoms with Gasteiger partial charge in [0.05, 0.1) is 17.1 Å². The van der Waals surface area contributed by atoms with Crippen LogP contribution in [0.1, 0.15) is 29.8 Å². The van der Waals surface area contributed by atoms with Crippen molar-refractivity contribution < 1.29 is 0 Å². The van der Waals surface area contributed by atoms with Gasteiger partial charge < -0.3 is 9.88 Å². The summed E-state index contributed by atoms with van der Waals surface area (Å²) in [5.74, 6) is 7.20. The maximum absolute atomic E-state index is 5.97. The number of pyridine rings is 1. The average Bonchev–Trinajstić information content (AvgIpc) is 3.18. The highest BCUT2D eigenvalue weighted by Gasteiger charge is 2.11. The molecule has 1 atom stereocenters. The first-order valence-electron chi connectivity index (χ1n) is 11.1. The van der Waals surface area contributed by atoms with E-state index in [1.54, 1.807) is 0 Å². The standard InChI is InChI=1S/C29H23ClN4/c1-20(22-6-4-3-5-7-22)32-29-33-27-18-21(9-17-28(27)34(29)2)8-15-26-16-12-24(19-31-26)23-10-13-25(30)14-11-23/h3-7,9-14,16-20H,1-2H3,(H,32,33)/t20-/m1/s1. The van der Waals surface area contributed by atoms with Gasteiger partial charge in [-0.25, -0.2) is 9.97 Å². The van der Waals surface area contributed by atoms with Crippen molar-refractivity contribution in [2.75, 3.05) is 5.32 Å². The number of nitrogens with zero attached hydrogens (tertiary/aromatic N) is 3. The molecule has 0 radical (unpaired) electrons. The summed E-state index contributed by atoms with van der Waals surface area (Å²) >= 11 is 5.97. The number of benzene rings is 3. The lowest BCUT2D eigenvalue weighted by Crippen LogP contribution is -2.10. The zero-order valence-electron chi connectivity index (χ0n) is 19.0. The maximum Gasteiger partial charge on any atom is 0.204 e. The van der Waals surface area contributed by atoms with E-state index in [-0.39, 0.29) is 6.04 Å². The number of fused-ring (bicyclic) bond motifs is 1. The Morgan fingerprint density at radius 1 is 0.882 bits per heavy atom. The lowest BCUT2D eigenvalue weighted by Gasteiger charge is -2.14. The molecule has 4 nitrogen and oxygen atoms in total. The largest absolute Gasteiger partial charge is 0.349 e. The number of hydrogen-bond acceptors (Lipinski definition) is 3. The first-order chi connectivity index (χ1) is 16.6.